The Bertz CT molecular complexity index is 358. The second kappa shape index (κ2) is 4.45. The Morgan fingerprint density at radius 3 is 2.88 bits per heavy atom. The topological polar surface area (TPSA) is 33.1 Å². The fraction of sp³-hybridized carbons (Fsp3) is 0.750. The van der Waals surface area contributed by atoms with Gasteiger partial charge in [0.05, 0.1) is 11.4 Å². The summed E-state index contributed by atoms with van der Waals surface area (Å²) < 4.78 is 1.90. The molecule has 16 heavy (non-hydrogen) atoms. The highest BCUT2D eigenvalue weighted by Crippen LogP contribution is 2.23. The summed E-state index contributed by atoms with van der Waals surface area (Å²) in [6, 6.07) is 1.15. The van der Waals surface area contributed by atoms with Crippen LogP contribution in [0.15, 0.2) is 6.20 Å². The molecule has 1 N–H and O–H groups in total. The Morgan fingerprint density at radius 1 is 1.56 bits per heavy atom. The Hall–Kier alpha value is -1.03. The van der Waals surface area contributed by atoms with Gasteiger partial charge in [-0.15, -0.1) is 0 Å². The van der Waals surface area contributed by atoms with E-state index in [4.69, 9.17) is 0 Å². The molecule has 4 heteroatoms. The molecule has 0 aromatic carbocycles. The predicted molar refractivity (Wildman–Crippen MR) is 66.8 cm³/mol. The third-order valence-electron chi connectivity index (χ3n) is 3.44. The van der Waals surface area contributed by atoms with Gasteiger partial charge in [0.25, 0.3) is 0 Å². The van der Waals surface area contributed by atoms with E-state index in [-0.39, 0.29) is 0 Å². The standard InChI is InChI=1S/C12H22N4/c1-5-11-7-16(9(2)6-13-11)12-8-15(4)14-10(12)3/h8-9,11,13H,5-7H2,1-4H3. The highest BCUT2D eigenvalue weighted by Gasteiger charge is 2.25. The van der Waals surface area contributed by atoms with Gasteiger partial charge in [-0.3, -0.25) is 4.68 Å². The highest BCUT2D eigenvalue weighted by atomic mass is 15.3. The van der Waals surface area contributed by atoms with Gasteiger partial charge in [-0.25, -0.2) is 0 Å². The maximum atomic E-state index is 4.43. The summed E-state index contributed by atoms with van der Waals surface area (Å²) in [6.45, 7) is 8.75. The van der Waals surface area contributed by atoms with Crippen LogP contribution in [-0.2, 0) is 7.05 Å². The van der Waals surface area contributed by atoms with Crippen molar-refractivity contribution in [2.45, 2.75) is 39.3 Å². The van der Waals surface area contributed by atoms with Crippen LogP contribution in [0.1, 0.15) is 26.0 Å². The lowest BCUT2D eigenvalue weighted by atomic mass is 10.1. The van der Waals surface area contributed by atoms with E-state index in [1.54, 1.807) is 0 Å². The van der Waals surface area contributed by atoms with E-state index in [1.807, 2.05) is 11.7 Å². The smallest absolute Gasteiger partial charge is 0.0827 e. The molecule has 4 nitrogen and oxygen atoms in total. The van der Waals surface area contributed by atoms with Crippen LogP contribution in [0.4, 0.5) is 5.69 Å². The predicted octanol–water partition coefficient (Wildman–Crippen LogP) is 1.31. The van der Waals surface area contributed by atoms with Crippen LogP contribution < -0.4 is 10.2 Å². The van der Waals surface area contributed by atoms with E-state index in [0.717, 1.165) is 18.8 Å². The lowest BCUT2D eigenvalue weighted by Gasteiger charge is -2.39. The molecule has 1 aromatic rings. The number of aryl methyl sites for hydroxylation is 2. The first-order valence-corrected chi connectivity index (χ1v) is 6.12. The lowest BCUT2D eigenvalue weighted by Crippen LogP contribution is -2.55. The molecule has 0 radical (unpaired) electrons. The van der Waals surface area contributed by atoms with E-state index >= 15 is 0 Å². The summed E-state index contributed by atoms with van der Waals surface area (Å²) in [4.78, 5) is 2.48. The summed E-state index contributed by atoms with van der Waals surface area (Å²) in [5.41, 5.74) is 2.42. The molecule has 1 saturated heterocycles. The second-order valence-corrected chi connectivity index (χ2v) is 4.79. The van der Waals surface area contributed by atoms with E-state index in [1.165, 1.54) is 12.1 Å². The van der Waals surface area contributed by atoms with Gasteiger partial charge in [-0.1, -0.05) is 6.92 Å². The van der Waals surface area contributed by atoms with Crippen molar-refractivity contribution in [2.24, 2.45) is 7.05 Å². The molecular formula is C12H22N4. The molecular weight excluding hydrogens is 200 g/mol. The maximum absolute atomic E-state index is 4.43. The van der Waals surface area contributed by atoms with Crippen molar-refractivity contribution in [1.82, 2.24) is 15.1 Å². The van der Waals surface area contributed by atoms with Crippen LogP contribution in [-0.4, -0.2) is 35.0 Å². The fourth-order valence-electron chi connectivity index (χ4n) is 2.41. The molecule has 0 saturated carbocycles. The third kappa shape index (κ3) is 2.07. The first-order chi connectivity index (χ1) is 7.61. The van der Waals surface area contributed by atoms with Crippen LogP contribution in [0.25, 0.3) is 0 Å². The number of rotatable bonds is 2. The average molecular weight is 222 g/mol. The normalized spacial score (nSPS) is 26.1. The Kier molecular flexibility index (Phi) is 3.19. The van der Waals surface area contributed by atoms with Gasteiger partial charge in [0.15, 0.2) is 0 Å². The van der Waals surface area contributed by atoms with E-state index in [0.29, 0.717) is 12.1 Å². The van der Waals surface area contributed by atoms with E-state index in [2.05, 4.69) is 42.3 Å². The monoisotopic (exact) mass is 222 g/mol. The summed E-state index contributed by atoms with van der Waals surface area (Å²) in [7, 11) is 1.99. The highest BCUT2D eigenvalue weighted by molar-refractivity contribution is 5.50. The number of aromatic nitrogens is 2. The van der Waals surface area contributed by atoms with Crippen molar-refractivity contribution < 1.29 is 0 Å². The molecule has 2 unspecified atom stereocenters. The Balaban J connectivity index is 2.21. The average Bonchev–Trinajstić information content (AvgIpc) is 2.58. The van der Waals surface area contributed by atoms with Crippen molar-refractivity contribution in [3.8, 4) is 0 Å². The Morgan fingerprint density at radius 2 is 2.31 bits per heavy atom. The lowest BCUT2D eigenvalue weighted by molar-refractivity contribution is 0.397. The van der Waals surface area contributed by atoms with Crippen molar-refractivity contribution >= 4 is 5.69 Å². The zero-order valence-electron chi connectivity index (χ0n) is 10.7. The Labute approximate surface area is 97.6 Å². The molecule has 0 aliphatic carbocycles. The van der Waals surface area contributed by atoms with E-state index in [9.17, 15) is 0 Å². The number of nitrogens with one attached hydrogen (secondary N) is 1. The molecule has 1 fully saturated rings. The van der Waals surface area contributed by atoms with Crippen LogP contribution in [0, 0.1) is 6.92 Å². The number of piperazine rings is 1. The van der Waals surface area contributed by atoms with Crippen LogP contribution in [0.5, 0.6) is 0 Å². The van der Waals surface area contributed by atoms with Crippen LogP contribution in [0.3, 0.4) is 0 Å². The van der Waals surface area contributed by atoms with Gasteiger partial charge in [-0.05, 0) is 20.3 Å². The van der Waals surface area contributed by atoms with Crippen molar-refractivity contribution in [3.63, 3.8) is 0 Å². The molecule has 0 spiro atoms. The summed E-state index contributed by atoms with van der Waals surface area (Å²) in [5, 5.41) is 8.00. The molecule has 1 aliphatic heterocycles. The van der Waals surface area contributed by atoms with Crippen molar-refractivity contribution in [2.75, 3.05) is 18.0 Å². The summed E-state index contributed by atoms with van der Waals surface area (Å²) in [5.74, 6) is 0. The van der Waals surface area contributed by atoms with Gasteiger partial charge < -0.3 is 10.2 Å². The van der Waals surface area contributed by atoms with Gasteiger partial charge >= 0.3 is 0 Å². The SMILES string of the molecule is CCC1CN(c2cn(C)nc2C)C(C)CN1. The minimum absolute atomic E-state index is 0.547. The van der Waals surface area contributed by atoms with Crippen LogP contribution >= 0.6 is 0 Å². The van der Waals surface area contributed by atoms with Crippen LogP contribution in [0.2, 0.25) is 0 Å². The minimum Gasteiger partial charge on any atom is -0.363 e. The van der Waals surface area contributed by atoms with Crippen molar-refractivity contribution in [3.05, 3.63) is 11.9 Å². The van der Waals surface area contributed by atoms with Crippen molar-refractivity contribution in [1.29, 1.82) is 0 Å². The largest absolute Gasteiger partial charge is 0.363 e. The van der Waals surface area contributed by atoms with Gasteiger partial charge in [-0.2, -0.15) is 5.10 Å². The minimum atomic E-state index is 0.547. The number of anilines is 1. The zero-order chi connectivity index (χ0) is 11.7. The molecule has 0 amide bonds. The zero-order valence-corrected chi connectivity index (χ0v) is 10.7. The molecule has 0 bridgehead atoms. The molecule has 2 atom stereocenters. The molecule has 2 rings (SSSR count). The van der Waals surface area contributed by atoms with E-state index < -0.39 is 0 Å². The first kappa shape index (κ1) is 11.5. The molecule has 1 aliphatic rings. The number of hydrogen-bond acceptors (Lipinski definition) is 3. The second-order valence-electron chi connectivity index (χ2n) is 4.79. The number of nitrogens with zero attached hydrogens (tertiary/aromatic N) is 3. The van der Waals surface area contributed by atoms with Gasteiger partial charge in [0.2, 0.25) is 0 Å². The fourth-order valence-corrected chi connectivity index (χ4v) is 2.41. The quantitative estimate of drug-likeness (QED) is 0.819. The number of hydrogen-bond donors (Lipinski definition) is 1. The van der Waals surface area contributed by atoms with Gasteiger partial charge in [0.1, 0.15) is 0 Å². The third-order valence-corrected chi connectivity index (χ3v) is 3.44. The summed E-state index contributed by atoms with van der Waals surface area (Å²) >= 11 is 0. The molecule has 90 valence electrons. The first-order valence-electron chi connectivity index (χ1n) is 6.12. The molecule has 1 aromatic heterocycles. The van der Waals surface area contributed by atoms with Gasteiger partial charge in [0, 0.05) is 38.4 Å². The maximum Gasteiger partial charge on any atom is 0.0827 e. The molecule has 2 heterocycles. The summed E-state index contributed by atoms with van der Waals surface area (Å²) in [6.07, 6.45) is 3.31.